The van der Waals surface area contributed by atoms with Gasteiger partial charge < -0.3 is 0 Å². The van der Waals surface area contributed by atoms with Gasteiger partial charge in [-0.25, -0.2) is 0 Å². The van der Waals surface area contributed by atoms with E-state index in [2.05, 4.69) is 21.2 Å². The first-order valence-electron chi connectivity index (χ1n) is 5.22. The largest absolute Gasteiger partial charge is 0.401 e. The Kier molecular flexibility index (Phi) is 4.77. The van der Waals surface area contributed by atoms with E-state index < -0.39 is 18.3 Å². The minimum absolute atomic E-state index is 0.215. The summed E-state index contributed by atoms with van der Waals surface area (Å²) in [5.41, 5.74) is -0.430. The van der Waals surface area contributed by atoms with Crippen LogP contribution < -0.4 is 5.32 Å². The second-order valence-corrected chi connectivity index (χ2v) is 5.13. The molecule has 0 aliphatic carbocycles. The average molecular weight is 321 g/mol. The van der Waals surface area contributed by atoms with Crippen molar-refractivity contribution in [3.05, 3.63) is 34.3 Å². The Balaban J connectivity index is 2.71. The molecule has 0 heterocycles. The van der Waals surface area contributed by atoms with Crippen molar-refractivity contribution in [2.24, 2.45) is 0 Å². The van der Waals surface area contributed by atoms with Crippen molar-refractivity contribution in [2.75, 3.05) is 6.54 Å². The van der Waals surface area contributed by atoms with Gasteiger partial charge in [0.05, 0.1) is 12.6 Å². The van der Waals surface area contributed by atoms with E-state index in [1.807, 2.05) is 6.07 Å². The zero-order valence-electron chi connectivity index (χ0n) is 9.68. The summed E-state index contributed by atoms with van der Waals surface area (Å²) in [5, 5.41) is 11.3. The van der Waals surface area contributed by atoms with E-state index in [-0.39, 0.29) is 6.42 Å². The van der Waals surface area contributed by atoms with E-state index in [9.17, 15) is 13.2 Å². The normalized spacial score (nSPS) is 14.9. The fourth-order valence-corrected chi connectivity index (χ4v) is 1.71. The standard InChI is InChI=1S/C12H12BrF3N2/c1-11(7-17,18-8-12(14,15)16)6-9-2-4-10(13)5-3-9/h2-5,18H,6,8H2,1H3. The summed E-state index contributed by atoms with van der Waals surface area (Å²) >= 11 is 3.27. The van der Waals surface area contributed by atoms with Crippen LogP contribution in [0.25, 0.3) is 0 Å². The summed E-state index contributed by atoms with van der Waals surface area (Å²) in [5.74, 6) is 0. The second kappa shape index (κ2) is 5.72. The number of alkyl halides is 3. The number of halogens is 4. The predicted molar refractivity (Wildman–Crippen MR) is 65.9 cm³/mol. The monoisotopic (exact) mass is 320 g/mol. The lowest BCUT2D eigenvalue weighted by atomic mass is 9.94. The molecule has 1 atom stereocenters. The van der Waals surface area contributed by atoms with Gasteiger partial charge >= 0.3 is 6.18 Å². The van der Waals surface area contributed by atoms with Gasteiger partial charge in [0.1, 0.15) is 5.54 Å². The number of nitrogens with one attached hydrogen (secondary N) is 1. The average Bonchev–Trinajstić information content (AvgIpc) is 2.29. The Morgan fingerprint density at radius 1 is 1.28 bits per heavy atom. The first kappa shape index (κ1) is 15.0. The molecule has 18 heavy (non-hydrogen) atoms. The van der Waals surface area contributed by atoms with E-state index in [0.29, 0.717) is 0 Å². The van der Waals surface area contributed by atoms with Crippen LogP contribution in [0.5, 0.6) is 0 Å². The Labute approximate surface area is 112 Å². The zero-order valence-corrected chi connectivity index (χ0v) is 11.3. The summed E-state index contributed by atoms with van der Waals surface area (Å²) in [6.45, 7) is 0.286. The van der Waals surface area contributed by atoms with Crippen LogP contribution >= 0.6 is 15.9 Å². The Hall–Kier alpha value is -1.06. The van der Waals surface area contributed by atoms with Gasteiger partial charge in [-0.3, -0.25) is 5.32 Å². The summed E-state index contributed by atoms with van der Waals surface area (Å²) in [6, 6.07) is 9.01. The molecule has 0 aromatic heterocycles. The lowest BCUT2D eigenvalue weighted by molar-refractivity contribution is -0.127. The van der Waals surface area contributed by atoms with E-state index in [1.54, 1.807) is 24.3 Å². The molecule has 1 N–H and O–H groups in total. The lowest BCUT2D eigenvalue weighted by Gasteiger charge is -2.24. The van der Waals surface area contributed by atoms with E-state index in [4.69, 9.17) is 5.26 Å². The number of nitrogens with zero attached hydrogens (tertiary/aromatic N) is 1. The molecule has 1 rings (SSSR count). The van der Waals surface area contributed by atoms with Gasteiger partial charge in [0, 0.05) is 10.9 Å². The van der Waals surface area contributed by atoms with E-state index in [0.717, 1.165) is 10.0 Å². The van der Waals surface area contributed by atoms with Crippen LogP contribution in [0.15, 0.2) is 28.7 Å². The van der Waals surface area contributed by atoms with Crippen molar-refractivity contribution in [3.8, 4) is 6.07 Å². The maximum Gasteiger partial charge on any atom is 0.401 e. The van der Waals surface area contributed by atoms with Crippen molar-refractivity contribution in [3.63, 3.8) is 0 Å². The van der Waals surface area contributed by atoms with Crippen molar-refractivity contribution < 1.29 is 13.2 Å². The number of rotatable bonds is 4. The molecule has 0 spiro atoms. The summed E-state index contributed by atoms with van der Waals surface area (Å²) < 4.78 is 37.3. The number of hydrogen-bond acceptors (Lipinski definition) is 2. The zero-order chi connectivity index (χ0) is 13.8. The maximum atomic E-state index is 12.1. The topological polar surface area (TPSA) is 35.8 Å². The van der Waals surface area contributed by atoms with Gasteiger partial charge in [-0.1, -0.05) is 28.1 Å². The third-order valence-corrected chi connectivity index (χ3v) is 2.93. The van der Waals surface area contributed by atoms with Crippen molar-refractivity contribution in [1.29, 1.82) is 5.26 Å². The molecule has 0 fully saturated rings. The smallest absolute Gasteiger partial charge is 0.291 e. The fraction of sp³-hybridized carbons (Fsp3) is 0.417. The maximum absolute atomic E-state index is 12.1. The molecule has 2 nitrogen and oxygen atoms in total. The summed E-state index contributed by atoms with van der Waals surface area (Å²) in [6.07, 6.45) is -4.11. The molecule has 0 aliphatic rings. The van der Waals surface area contributed by atoms with E-state index in [1.165, 1.54) is 6.92 Å². The Bertz CT molecular complexity index is 436. The fourth-order valence-electron chi connectivity index (χ4n) is 1.45. The highest BCUT2D eigenvalue weighted by molar-refractivity contribution is 9.10. The third-order valence-electron chi connectivity index (χ3n) is 2.40. The molecular weight excluding hydrogens is 309 g/mol. The van der Waals surface area contributed by atoms with Gasteiger partial charge in [0.15, 0.2) is 0 Å². The van der Waals surface area contributed by atoms with Crippen LogP contribution in [0.3, 0.4) is 0 Å². The highest BCUT2D eigenvalue weighted by atomic mass is 79.9. The third kappa shape index (κ3) is 5.07. The van der Waals surface area contributed by atoms with Crippen molar-refractivity contribution in [1.82, 2.24) is 5.32 Å². The molecular formula is C12H12BrF3N2. The molecule has 6 heteroatoms. The molecule has 0 amide bonds. The minimum Gasteiger partial charge on any atom is -0.291 e. The number of benzene rings is 1. The summed E-state index contributed by atoms with van der Waals surface area (Å²) in [4.78, 5) is 0. The predicted octanol–water partition coefficient (Wildman–Crippen LogP) is 3.43. The highest BCUT2D eigenvalue weighted by Gasteiger charge is 2.32. The van der Waals surface area contributed by atoms with Gasteiger partial charge in [0.2, 0.25) is 0 Å². The molecule has 0 saturated carbocycles. The van der Waals surface area contributed by atoms with Crippen molar-refractivity contribution in [2.45, 2.75) is 25.1 Å². The molecule has 0 saturated heterocycles. The van der Waals surface area contributed by atoms with Crippen LogP contribution in [0, 0.1) is 11.3 Å². The van der Waals surface area contributed by atoms with Crippen LogP contribution in [-0.2, 0) is 6.42 Å². The molecule has 1 unspecified atom stereocenters. The Morgan fingerprint density at radius 2 is 1.83 bits per heavy atom. The van der Waals surface area contributed by atoms with Crippen LogP contribution in [0.1, 0.15) is 12.5 Å². The van der Waals surface area contributed by atoms with Crippen LogP contribution in [0.4, 0.5) is 13.2 Å². The SMILES string of the molecule is CC(C#N)(Cc1ccc(Br)cc1)NCC(F)(F)F. The molecule has 98 valence electrons. The second-order valence-electron chi connectivity index (χ2n) is 4.22. The van der Waals surface area contributed by atoms with Crippen LogP contribution in [0.2, 0.25) is 0 Å². The first-order chi connectivity index (χ1) is 8.24. The lowest BCUT2D eigenvalue weighted by Crippen LogP contribution is -2.47. The number of nitriles is 1. The molecule has 1 aromatic carbocycles. The van der Waals surface area contributed by atoms with Crippen LogP contribution in [-0.4, -0.2) is 18.3 Å². The summed E-state index contributed by atoms with van der Waals surface area (Å²) in [7, 11) is 0. The molecule has 1 aromatic rings. The van der Waals surface area contributed by atoms with E-state index >= 15 is 0 Å². The Morgan fingerprint density at radius 3 is 2.28 bits per heavy atom. The van der Waals surface area contributed by atoms with Gasteiger partial charge in [-0.05, 0) is 24.6 Å². The number of hydrogen-bond donors (Lipinski definition) is 1. The highest BCUT2D eigenvalue weighted by Crippen LogP contribution is 2.19. The molecule has 0 bridgehead atoms. The first-order valence-corrected chi connectivity index (χ1v) is 6.01. The van der Waals surface area contributed by atoms with Crippen molar-refractivity contribution >= 4 is 15.9 Å². The van der Waals surface area contributed by atoms with Gasteiger partial charge in [-0.15, -0.1) is 0 Å². The van der Waals surface area contributed by atoms with Gasteiger partial charge in [0.25, 0.3) is 0 Å². The quantitative estimate of drug-likeness (QED) is 0.922. The van der Waals surface area contributed by atoms with Gasteiger partial charge in [-0.2, -0.15) is 18.4 Å². The molecule has 0 radical (unpaired) electrons. The minimum atomic E-state index is -4.32. The molecule has 0 aliphatic heterocycles.